The van der Waals surface area contributed by atoms with Gasteiger partial charge in [0.25, 0.3) is 5.69 Å². The molecule has 0 aliphatic carbocycles. The third kappa shape index (κ3) is 3.06. The first-order chi connectivity index (χ1) is 10.7. The van der Waals surface area contributed by atoms with Crippen molar-refractivity contribution in [3.05, 3.63) is 76.5 Å². The van der Waals surface area contributed by atoms with Gasteiger partial charge in [-0.25, -0.2) is 0 Å². The summed E-state index contributed by atoms with van der Waals surface area (Å²) in [5.74, 6) is 0. The summed E-state index contributed by atoms with van der Waals surface area (Å²) in [5, 5.41) is 15.8. The summed E-state index contributed by atoms with van der Waals surface area (Å²) in [7, 11) is 0. The summed E-state index contributed by atoms with van der Waals surface area (Å²) in [6, 6.07) is 15.9. The molecule has 0 amide bonds. The van der Waals surface area contributed by atoms with Crippen molar-refractivity contribution in [1.82, 2.24) is 4.98 Å². The van der Waals surface area contributed by atoms with Gasteiger partial charge in [-0.2, -0.15) is 5.10 Å². The van der Waals surface area contributed by atoms with Crippen molar-refractivity contribution in [1.29, 1.82) is 0 Å². The lowest BCUT2D eigenvalue weighted by atomic mass is 10.1. The number of rotatable bonds is 4. The maximum atomic E-state index is 10.7. The molecule has 3 aromatic rings. The minimum Gasteiger partial charge on any atom is -0.278 e. The number of nitro groups is 1. The standard InChI is InChI=1S/C16H12N4O2/c21-20(22)15-5-1-4-14(10-15)19-18-11-12-6-7-16-13(9-12)3-2-8-17-16/h1-11,19H/b18-11+. The number of pyridine rings is 1. The molecule has 0 aliphatic heterocycles. The fourth-order valence-electron chi connectivity index (χ4n) is 2.04. The van der Waals surface area contributed by atoms with E-state index in [4.69, 9.17) is 0 Å². The second-order valence-electron chi connectivity index (χ2n) is 4.63. The van der Waals surface area contributed by atoms with E-state index in [-0.39, 0.29) is 5.69 Å². The number of fused-ring (bicyclic) bond motifs is 1. The molecular formula is C16H12N4O2. The molecule has 0 bridgehead atoms. The van der Waals surface area contributed by atoms with Crippen LogP contribution in [-0.4, -0.2) is 16.1 Å². The molecule has 3 rings (SSSR count). The number of hydrazone groups is 1. The second-order valence-corrected chi connectivity index (χ2v) is 4.63. The topological polar surface area (TPSA) is 80.4 Å². The maximum Gasteiger partial charge on any atom is 0.271 e. The molecule has 2 aromatic carbocycles. The van der Waals surface area contributed by atoms with E-state index in [0.29, 0.717) is 5.69 Å². The monoisotopic (exact) mass is 292 g/mol. The molecule has 0 aliphatic rings. The van der Waals surface area contributed by atoms with Crippen molar-refractivity contribution in [2.45, 2.75) is 0 Å². The van der Waals surface area contributed by atoms with E-state index in [1.165, 1.54) is 12.1 Å². The molecule has 1 heterocycles. The number of hydrogen-bond donors (Lipinski definition) is 1. The molecule has 6 nitrogen and oxygen atoms in total. The van der Waals surface area contributed by atoms with Gasteiger partial charge in [0.1, 0.15) is 0 Å². The highest BCUT2D eigenvalue weighted by Gasteiger charge is 2.04. The van der Waals surface area contributed by atoms with Gasteiger partial charge in [0.05, 0.1) is 22.3 Å². The van der Waals surface area contributed by atoms with Crippen LogP contribution in [0.15, 0.2) is 65.9 Å². The molecule has 0 saturated carbocycles. The van der Waals surface area contributed by atoms with E-state index in [1.807, 2.05) is 30.3 Å². The Kier molecular flexibility index (Phi) is 3.74. The number of aromatic nitrogens is 1. The summed E-state index contributed by atoms with van der Waals surface area (Å²) < 4.78 is 0. The highest BCUT2D eigenvalue weighted by atomic mass is 16.6. The number of anilines is 1. The molecule has 1 aromatic heterocycles. The van der Waals surface area contributed by atoms with Gasteiger partial charge in [-0.05, 0) is 29.8 Å². The number of hydrogen-bond acceptors (Lipinski definition) is 5. The van der Waals surface area contributed by atoms with E-state index in [1.54, 1.807) is 24.5 Å². The van der Waals surface area contributed by atoms with Crippen LogP contribution in [0, 0.1) is 10.1 Å². The van der Waals surface area contributed by atoms with E-state index < -0.39 is 4.92 Å². The minimum absolute atomic E-state index is 0.0250. The molecule has 0 radical (unpaired) electrons. The summed E-state index contributed by atoms with van der Waals surface area (Å²) in [6.45, 7) is 0. The summed E-state index contributed by atoms with van der Waals surface area (Å²) in [5.41, 5.74) is 5.21. The Morgan fingerprint density at radius 2 is 2.05 bits per heavy atom. The SMILES string of the molecule is O=[N+]([O-])c1cccc(N/N=C/c2ccc3ncccc3c2)c1. The number of nitrogens with one attached hydrogen (secondary N) is 1. The van der Waals surface area contributed by atoms with Gasteiger partial charge in [-0.15, -0.1) is 0 Å². The van der Waals surface area contributed by atoms with Crippen LogP contribution in [0.3, 0.4) is 0 Å². The molecule has 0 unspecified atom stereocenters. The van der Waals surface area contributed by atoms with Crippen LogP contribution < -0.4 is 5.43 Å². The number of nitro benzene ring substituents is 1. The Labute approximate surface area is 126 Å². The molecular weight excluding hydrogens is 280 g/mol. The van der Waals surface area contributed by atoms with Crippen molar-refractivity contribution in [2.75, 3.05) is 5.43 Å². The molecule has 0 atom stereocenters. The molecule has 0 spiro atoms. The Bertz CT molecular complexity index is 861. The van der Waals surface area contributed by atoms with E-state index in [9.17, 15) is 10.1 Å². The summed E-state index contributed by atoms with van der Waals surface area (Å²) in [6.07, 6.45) is 3.41. The average Bonchev–Trinajstić information content (AvgIpc) is 2.55. The molecule has 108 valence electrons. The Hall–Kier alpha value is -3.28. The van der Waals surface area contributed by atoms with Crippen LogP contribution in [0.1, 0.15) is 5.56 Å². The van der Waals surface area contributed by atoms with Gasteiger partial charge in [-0.1, -0.05) is 18.2 Å². The first kappa shape index (κ1) is 13.7. The van der Waals surface area contributed by atoms with Crippen LogP contribution in [0.4, 0.5) is 11.4 Å². The lowest BCUT2D eigenvalue weighted by molar-refractivity contribution is -0.384. The second kappa shape index (κ2) is 6.01. The molecule has 0 fully saturated rings. The largest absolute Gasteiger partial charge is 0.278 e. The van der Waals surface area contributed by atoms with Crippen molar-refractivity contribution < 1.29 is 4.92 Å². The first-order valence-electron chi connectivity index (χ1n) is 6.61. The van der Waals surface area contributed by atoms with Crippen molar-refractivity contribution in [3.8, 4) is 0 Å². The zero-order valence-corrected chi connectivity index (χ0v) is 11.5. The predicted molar refractivity (Wildman–Crippen MR) is 86.1 cm³/mol. The third-order valence-corrected chi connectivity index (χ3v) is 3.09. The third-order valence-electron chi connectivity index (χ3n) is 3.09. The van der Waals surface area contributed by atoms with Crippen LogP contribution >= 0.6 is 0 Å². The molecule has 22 heavy (non-hydrogen) atoms. The van der Waals surface area contributed by atoms with E-state index in [0.717, 1.165) is 16.5 Å². The minimum atomic E-state index is -0.439. The first-order valence-corrected chi connectivity index (χ1v) is 6.61. The maximum absolute atomic E-state index is 10.7. The Balaban J connectivity index is 1.75. The van der Waals surface area contributed by atoms with Crippen molar-refractivity contribution >= 4 is 28.5 Å². The molecule has 0 saturated heterocycles. The smallest absolute Gasteiger partial charge is 0.271 e. The predicted octanol–water partition coefficient (Wildman–Crippen LogP) is 3.59. The van der Waals surface area contributed by atoms with Crippen LogP contribution in [0.2, 0.25) is 0 Å². The number of benzene rings is 2. The van der Waals surface area contributed by atoms with Crippen molar-refractivity contribution in [3.63, 3.8) is 0 Å². The zero-order valence-electron chi connectivity index (χ0n) is 11.5. The van der Waals surface area contributed by atoms with E-state index >= 15 is 0 Å². The summed E-state index contributed by atoms with van der Waals surface area (Å²) >= 11 is 0. The Morgan fingerprint density at radius 1 is 1.14 bits per heavy atom. The van der Waals surface area contributed by atoms with Gasteiger partial charge in [0.2, 0.25) is 0 Å². The summed E-state index contributed by atoms with van der Waals surface area (Å²) in [4.78, 5) is 14.5. The van der Waals surface area contributed by atoms with Gasteiger partial charge >= 0.3 is 0 Å². The lowest BCUT2D eigenvalue weighted by Crippen LogP contribution is -1.93. The highest BCUT2D eigenvalue weighted by molar-refractivity contribution is 5.88. The van der Waals surface area contributed by atoms with Crippen molar-refractivity contribution in [2.24, 2.45) is 5.10 Å². The molecule has 1 N–H and O–H groups in total. The van der Waals surface area contributed by atoms with E-state index in [2.05, 4.69) is 15.5 Å². The van der Waals surface area contributed by atoms with Gasteiger partial charge in [0.15, 0.2) is 0 Å². The number of non-ortho nitro benzene ring substituents is 1. The fraction of sp³-hybridized carbons (Fsp3) is 0. The number of nitrogens with zero attached hydrogens (tertiary/aromatic N) is 3. The van der Waals surface area contributed by atoms with Crippen LogP contribution in [0.5, 0.6) is 0 Å². The van der Waals surface area contributed by atoms with Crippen LogP contribution in [-0.2, 0) is 0 Å². The Morgan fingerprint density at radius 3 is 2.91 bits per heavy atom. The van der Waals surface area contributed by atoms with Gasteiger partial charge in [0, 0.05) is 23.7 Å². The fourth-order valence-corrected chi connectivity index (χ4v) is 2.04. The quantitative estimate of drug-likeness (QED) is 0.452. The van der Waals surface area contributed by atoms with Gasteiger partial charge in [-0.3, -0.25) is 20.5 Å². The normalized spacial score (nSPS) is 10.9. The van der Waals surface area contributed by atoms with Gasteiger partial charge < -0.3 is 0 Å². The zero-order chi connectivity index (χ0) is 15.4. The lowest BCUT2D eigenvalue weighted by Gasteiger charge is -2.00. The highest BCUT2D eigenvalue weighted by Crippen LogP contribution is 2.17. The molecule has 6 heteroatoms. The van der Waals surface area contributed by atoms with Crippen LogP contribution in [0.25, 0.3) is 10.9 Å². The average molecular weight is 292 g/mol.